The van der Waals surface area contributed by atoms with E-state index in [2.05, 4.69) is 46.6 Å². The molecule has 1 aliphatic heterocycles. The van der Waals surface area contributed by atoms with E-state index in [4.69, 9.17) is 0 Å². The summed E-state index contributed by atoms with van der Waals surface area (Å²) >= 11 is 3.48. The number of carboxylic acids is 1. The predicted octanol–water partition coefficient (Wildman–Crippen LogP) is 4.96. The monoisotopic (exact) mass is 404 g/mol. The fourth-order valence-corrected chi connectivity index (χ4v) is 5.97. The third kappa shape index (κ3) is 2.91. The van der Waals surface area contributed by atoms with Crippen molar-refractivity contribution in [3.63, 3.8) is 0 Å². The largest absolute Gasteiger partial charge is 0.480 e. The minimum Gasteiger partial charge on any atom is -0.480 e. The molecule has 2 aliphatic rings. The first-order valence-corrected chi connectivity index (χ1v) is 9.72. The molecule has 4 nitrogen and oxygen atoms in total. The van der Waals surface area contributed by atoms with E-state index in [0.717, 1.165) is 40.3 Å². The minimum atomic E-state index is -0.752. The molecule has 2 aromatic rings. The van der Waals surface area contributed by atoms with Crippen molar-refractivity contribution in [3.05, 3.63) is 34.4 Å². The highest BCUT2D eigenvalue weighted by molar-refractivity contribution is 9.10. The number of aromatic amines is 1. The fraction of sp³-hybridized carbons (Fsp3) is 0.550. The second-order valence-electron chi connectivity index (χ2n) is 9.06. The van der Waals surface area contributed by atoms with E-state index >= 15 is 0 Å². The van der Waals surface area contributed by atoms with Gasteiger partial charge in [0.1, 0.15) is 6.04 Å². The van der Waals surface area contributed by atoms with Gasteiger partial charge in [0.05, 0.1) is 0 Å². The molecule has 134 valence electrons. The van der Waals surface area contributed by atoms with Crippen LogP contribution in [-0.4, -0.2) is 33.5 Å². The average Bonchev–Trinajstić information content (AvgIpc) is 2.97. The number of aromatic nitrogens is 1. The van der Waals surface area contributed by atoms with Crippen molar-refractivity contribution in [1.82, 2.24) is 9.88 Å². The smallest absolute Gasteiger partial charge is 0.325 e. The number of benzene rings is 1. The molecule has 2 bridgehead atoms. The van der Waals surface area contributed by atoms with Crippen molar-refractivity contribution in [2.45, 2.75) is 52.1 Å². The summed E-state index contributed by atoms with van der Waals surface area (Å²) < 4.78 is 0.992. The molecule has 3 atom stereocenters. The third-order valence-electron chi connectivity index (χ3n) is 5.99. The van der Waals surface area contributed by atoms with Crippen molar-refractivity contribution in [3.8, 4) is 0 Å². The van der Waals surface area contributed by atoms with Crippen LogP contribution in [0.2, 0.25) is 0 Å². The summed E-state index contributed by atoms with van der Waals surface area (Å²) in [5.41, 5.74) is 2.35. The Bertz CT molecular complexity index is 843. The second-order valence-corrected chi connectivity index (χ2v) is 9.98. The Labute approximate surface area is 156 Å². The van der Waals surface area contributed by atoms with E-state index in [-0.39, 0.29) is 10.8 Å². The Balaban J connectivity index is 1.76. The molecule has 1 aromatic heterocycles. The molecule has 0 unspecified atom stereocenters. The number of nitrogens with zero attached hydrogens (tertiary/aromatic N) is 1. The van der Waals surface area contributed by atoms with Crippen LogP contribution in [0.1, 0.15) is 51.6 Å². The Hall–Kier alpha value is -1.33. The normalized spacial score (nSPS) is 29.8. The molecule has 1 aliphatic carbocycles. The Kier molecular flexibility index (Phi) is 3.82. The molecule has 2 N–H and O–H groups in total. The number of rotatable bonds is 3. The van der Waals surface area contributed by atoms with Crippen LogP contribution in [0.15, 0.2) is 28.9 Å². The number of hydrogen-bond donors (Lipinski definition) is 2. The van der Waals surface area contributed by atoms with Crippen LogP contribution in [0.3, 0.4) is 0 Å². The van der Waals surface area contributed by atoms with Crippen molar-refractivity contribution in [2.24, 2.45) is 10.8 Å². The second kappa shape index (κ2) is 5.58. The van der Waals surface area contributed by atoms with E-state index in [1.807, 2.05) is 24.4 Å². The molecule has 5 heteroatoms. The van der Waals surface area contributed by atoms with Crippen molar-refractivity contribution in [1.29, 1.82) is 0 Å². The van der Waals surface area contributed by atoms with Gasteiger partial charge in [-0.2, -0.15) is 0 Å². The van der Waals surface area contributed by atoms with Crippen LogP contribution in [0.4, 0.5) is 0 Å². The molecular formula is C20H25BrN2O2. The van der Waals surface area contributed by atoms with Crippen LogP contribution >= 0.6 is 15.9 Å². The van der Waals surface area contributed by atoms with Crippen LogP contribution in [-0.2, 0) is 4.79 Å². The van der Waals surface area contributed by atoms with Gasteiger partial charge in [-0.3, -0.25) is 9.69 Å². The van der Waals surface area contributed by atoms with Gasteiger partial charge in [-0.05, 0) is 42.2 Å². The highest BCUT2D eigenvalue weighted by Gasteiger charge is 2.52. The highest BCUT2D eigenvalue weighted by atomic mass is 79.9. The van der Waals surface area contributed by atoms with E-state index < -0.39 is 12.0 Å². The maximum Gasteiger partial charge on any atom is 0.325 e. The summed E-state index contributed by atoms with van der Waals surface area (Å²) in [5, 5.41) is 11.1. The van der Waals surface area contributed by atoms with Crippen LogP contribution in [0, 0.1) is 10.8 Å². The standard InChI is InChI=1S/C20H25BrN2O2/c1-19(2)7-13-8-20(3,10-19)11-23(13)17(18(24)25)15-9-22-16-6-12(21)4-5-14(15)16/h4-6,9,13,17,22H,7-8,10-11H2,1-3H3,(H,24,25)/t13-,17+,20-/m0/s1. The zero-order chi connectivity index (χ0) is 18.0. The van der Waals surface area contributed by atoms with Gasteiger partial charge >= 0.3 is 5.97 Å². The van der Waals surface area contributed by atoms with Gasteiger partial charge in [0.2, 0.25) is 0 Å². The lowest BCUT2D eigenvalue weighted by Gasteiger charge is -2.40. The highest BCUT2D eigenvalue weighted by Crippen LogP contribution is 2.54. The zero-order valence-electron chi connectivity index (χ0n) is 15.0. The maximum atomic E-state index is 12.3. The molecule has 4 rings (SSSR count). The van der Waals surface area contributed by atoms with Gasteiger partial charge in [-0.15, -0.1) is 0 Å². The molecule has 2 heterocycles. The molecule has 25 heavy (non-hydrogen) atoms. The number of halogens is 1. The van der Waals surface area contributed by atoms with Gasteiger partial charge in [0.25, 0.3) is 0 Å². The molecule has 1 aromatic carbocycles. The van der Waals surface area contributed by atoms with E-state index in [9.17, 15) is 9.90 Å². The molecular weight excluding hydrogens is 380 g/mol. The lowest BCUT2D eigenvalue weighted by atomic mass is 9.65. The number of carboxylic acid groups (broad SMARTS) is 1. The summed E-state index contributed by atoms with van der Waals surface area (Å²) in [6, 6.07) is 5.75. The van der Waals surface area contributed by atoms with Crippen LogP contribution < -0.4 is 0 Å². The molecule has 1 saturated heterocycles. The maximum absolute atomic E-state index is 12.3. The molecule has 0 radical (unpaired) electrons. The van der Waals surface area contributed by atoms with E-state index in [1.165, 1.54) is 6.42 Å². The Morgan fingerprint density at radius 3 is 2.84 bits per heavy atom. The van der Waals surface area contributed by atoms with Gasteiger partial charge in [-0.25, -0.2) is 0 Å². The Morgan fingerprint density at radius 2 is 2.12 bits per heavy atom. The minimum absolute atomic E-state index is 0.218. The van der Waals surface area contributed by atoms with E-state index in [1.54, 1.807) is 0 Å². The van der Waals surface area contributed by atoms with E-state index in [0.29, 0.717) is 6.04 Å². The quantitative estimate of drug-likeness (QED) is 0.759. The number of nitrogens with one attached hydrogen (secondary N) is 1. The number of likely N-dealkylation sites (tertiary alicyclic amines) is 1. The first-order chi connectivity index (χ1) is 11.7. The van der Waals surface area contributed by atoms with Crippen molar-refractivity contribution < 1.29 is 9.90 Å². The third-order valence-corrected chi connectivity index (χ3v) is 6.48. The number of aliphatic carboxylic acids is 1. The number of fused-ring (bicyclic) bond motifs is 3. The predicted molar refractivity (Wildman–Crippen MR) is 103 cm³/mol. The summed E-state index contributed by atoms with van der Waals surface area (Å²) in [6.45, 7) is 7.83. The summed E-state index contributed by atoms with van der Waals surface area (Å²) in [6.07, 6.45) is 5.22. The number of H-pyrrole nitrogens is 1. The molecule has 1 saturated carbocycles. The van der Waals surface area contributed by atoms with Crippen LogP contribution in [0.5, 0.6) is 0 Å². The molecule has 2 fully saturated rings. The first-order valence-electron chi connectivity index (χ1n) is 8.93. The van der Waals surface area contributed by atoms with Gasteiger partial charge in [0, 0.05) is 39.7 Å². The number of carbonyl (C=O) groups is 1. The topological polar surface area (TPSA) is 56.3 Å². The summed E-state index contributed by atoms with van der Waals surface area (Å²) in [4.78, 5) is 17.8. The average molecular weight is 405 g/mol. The van der Waals surface area contributed by atoms with Crippen molar-refractivity contribution in [2.75, 3.05) is 6.54 Å². The molecule has 0 spiro atoms. The number of hydrogen-bond acceptors (Lipinski definition) is 2. The fourth-order valence-electron chi connectivity index (χ4n) is 5.61. The molecule has 0 amide bonds. The van der Waals surface area contributed by atoms with Gasteiger partial charge in [-0.1, -0.05) is 42.8 Å². The summed E-state index contributed by atoms with van der Waals surface area (Å²) in [5.74, 6) is -0.752. The zero-order valence-corrected chi connectivity index (χ0v) is 16.6. The van der Waals surface area contributed by atoms with Crippen LogP contribution in [0.25, 0.3) is 10.9 Å². The van der Waals surface area contributed by atoms with Gasteiger partial charge in [0.15, 0.2) is 0 Å². The summed E-state index contributed by atoms with van der Waals surface area (Å²) in [7, 11) is 0. The van der Waals surface area contributed by atoms with Gasteiger partial charge < -0.3 is 10.1 Å². The Morgan fingerprint density at radius 1 is 1.36 bits per heavy atom. The lowest BCUT2D eigenvalue weighted by Crippen LogP contribution is -2.39. The lowest BCUT2D eigenvalue weighted by molar-refractivity contribution is -0.144. The SMILES string of the molecule is CC1(C)C[C@H]2C[C@](C)(CN2[C@@H](C(=O)O)c2c[nH]c3cc(Br)ccc23)C1. The first kappa shape index (κ1) is 17.1. The van der Waals surface area contributed by atoms with Crippen molar-refractivity contribution >= 4 is 32.8 Å².